The van der Waals surface area contributed by atoms with Gasteiger partial charge in [-0.05, 0) is 49.1 Å². The first kappa shape index (κ1) is 20.5. The number of rotatable bonds is 7. The molecule has 1 atom stereocenters. The molecule has 1 unspecified atom stereocenters. The predicted octanol–water partition coefficient (Wildman–Crippen LogP) is 4.04. The summed E-state index contributed by atoms with van der Waals surface area (Å²) in [5.74, 6) is 1.03. The van der Waals surface area contributed by atoms with E-state index in [2.05, 4.69) is 17.0 Å². The minimum absolute atomic E-state index is 0.0682. The summed E-state index contributed by atoms with van der Waals surface area (Å²) >= 11 is 0. The Bertz CT molecular complexity index is 852. The number of hydrogen-bond acceptors (Lipinski definition) is 4. The molecule has 0 radical (unpaired) electrons. The number of piperidine rings is 1. The summed E-state index contributed by atoms with van der Waals surface area (Å²) in [6.07, 6.45) is 6.73. The van der Waals surface area contributed by atoms with Crippen LogP contribution in [0.15, 0.2) is 66.9 Å². The van der Waals surface area contributed by atoms with Crippen LogP contribution in [-0.4, -0.2) is 49.7 Å². The van der Waals surface area contributed by atoms with Gasteiger partial charge in [0, 0.05) is 37.8 Å². The van der Waals surface area contributed by atoms with Crippen molar-refractivity contribution in [2.75, 3.05) is 31.6 Å². The van der Waals surface area contributed by atoms with Crippen molar-refractivity contribution >= 4 is 11.6 Å². The van der Waals surface area contributed by atoms with E-state index in [1.165, 1.54) is 5.56 Å². The topological polar surface area (TPSA) is 42.0 Å². The number of amides is 1. The van der Waals surface area contributed by atoms with Gasteiger partial charge in [-0.15, -0.1) is 0 Å². The summed E-state index contributed by atoms with van der Waals surface area (Å²) in [6, 6.07) is 18.4. The van der Waals surface area contributed by atoms with E-state index in [0.29, 0.717) is 6.42 Å². The number of methoxy groups -OCH3 is 1. The quantitative estimate of drug-likeness (QED) is 0.696. The number of anilines is 1. The average molecular weight is 407 g/mol. The van der Waals surface area contributed by atoms with Crippen LogP contribution < -0.4 is 9.64 Å². The van der Waals surface area contributed by atoms with Crippen LogP contribution in [0.2, 0.25) is 0 Å². The molecule has 2 aromatic rings. The lowest BCUT2D eigenvalue weighted by molar-refractivity contribution is -0.126. The monoisotopic (exact) mass is 406 g/mol. The van der Waals surface area contributed by atoms with Crippen LogP contribution in [-0.2, 0) is 16.0 Å². The number of benzene rings is 2. The largest absolute Gasteiger partial charge is 0.496 e. The fraction of sp³-hybridized carbons (Fsp3) is 0.400. The fourth-order valence-corrected chi connectivity index (χ4v) is 4.40. The highest BCUT2D eigenvalue weighted by atomic mass is 16.5. The van der Waals surface area contributed by atoms with E-state index in [1.54, 1.807) is 13.4 Å². The molecular weight excluding hydrogens is 376 g/mol. The number of hydrogen-bond donors (Lipinski definition) is 0. The Kier molecular flexibility index (Phi) is 6.70. The second-order valence-corrected chi connectivity index (χ2v) is 7.91. The molecule has 0 aliphatic carbocycles. The number of ether oxygens (including phenoxy) is 2. The zero-order valence-electron chi connectivity index (χ0n) is 17.6. The summed E-state index contributed by atoms with van der Waals surface area (Å²) in [5, 5.41) is 0. The molecule has 2 aromatic carbocycles. The number of carbonyl (C=O) groups excluding carboxylic acids is 1. The van der Waals surface area contributed by atoms with Gasteiger partial charge in [-0.25, -0.2) is 0 Å². The van der Waals surface area contributed by atoms with E-state index in [0.717, 1.165) is 50.3 Å². The van der Waals surface area contributed by atoms with E-state index in [1.807, 2.05) is 53.4 Å². The van der Waals surface area contributed by atoms with Gasteiger partial charge >= 0.3 is 0 Å². The van der Waals surface area contributed by atoms with Gasteiger partial charge < -0.3 is 19.3 Å². The molecule has 0 N–H and O–H groups in total. The second kappa shape index (κ2) is 9.81. The molecule has 1 saturated heterocycles. The highest BCUT2D eigenvalue weighted by molar-refractivity contribution is 5.97. The molecule has 5 heteroatoms. The molecule has 0 spiro atoms. The smallest absolute Gasteiger partial charge is 0.268 e. The fourth-order valence-electron chi connectivity index (χ4n) is 4.40. The highest BCUT2D eigenvalue weighted by Crippen LogP contribution is 2.27. The van der Waals surface area contributed by atoms with Crippen molar-refractivity contribution in [2.24, 2.45) is 0 Å². The van der Waals surface area contributed by atoms with Gasteiger partial charge in [0.2, 0.25) is 0 Å². The van der Waals surface area contributed by atoms with Gasteiger partial charge in [0.05, 0.1) is 13.4 Å². The minimum Gasteiger partial charge on any atom is -0.496 e. The van der Waals surface area contributed by atoms with Crippen LogP contribution in [0.3, 0.4) is 0 Å². The maximum absolute atomic E-state index is 13.2. The summed E-state index contributed by atoms with van der Waals surface area (Å²) in [4.78, 5) is 17.7. The molecule has 0 saturated carbocycles. The van der Waals surface area contributed by atoms with Gasteiger partial charge in [0.1, 0.15) is 5.75 Å². The van der Waals surface area contributed by atoms with Crippen molar-refractivity contribution in [3.05, 3.63) is 72.5 Å². The Morgan fingerprint density at radius 2 is 1.83 bits per heavy atom. The van der Waals surface area contributed by atoms with Crippen molar-refractivity contribution < 1.29 is 14.3 Å². The first-order valence-electron chi connectivity index (χ1n) is 10.8. The van der Waals surface area contributed by atoms with E-state index >= 15 is 0 Å². The Hall–Kier alpha value is -2.79. The van der Waals surface area contributed by atoms with Gasteiger partial charge in [0.25, 0.3) is 5.91 Å². The molecule has 4 rings (SSSR count). The van der Waals surface area contributed by atoms with Gasteiger partial charge in [-0.2, -0.15) is 0 Å². The maximum Gasteiger partial charge on any atom is 0.268 e. The second-order valence-electron chi connectivity index (χ2n) is 7.91. The van der Waals surface area contributed by atoms with Crippen LogP contribution in [0.1, 0.15) is 24.8 Å². The van der Waals surface area contributed by atoms with E-state index < -0.39 is 6.10 Å². The molecule has 2 aliphatic rings. The normalized spacial score (nSPS) is 19.4. The van der Waals surface area contributed by atoms with E-state index in [4.69, 9.17) is 9.47 Å². The molecule has 1 amide bonds. The molecular formula is C25H30N2O3. The highest BCUT2D eigenvalue weighted by Gasteiger charge is 2.34. The third-order valence-corrected chi connectivity index (χ3v) is 6.05. The number of carbonyl (C=O) groups is 1. The molecule has 1 fully saturated rings. The van der Waals surface area contributed by atoms with Crippen molar-refractivity contribution in [1.29, 1.82) is 0 Å². The lowest BCUT2D eigenvalue weighted by Crippen LogP contribution is -2.50. The maximum atomic E-state index is 13.2. The van der Waals surface area contributed by atoms with Crippen LogP contribution in [0.25, 0.3) is 0 Å². The molecule has 5 nitrogen and oxygen atoms in total. The lowest BCUT2D eigenvalue weighted by Gasteiger charge is -2.39. The zero-order valence-corrected chi connectivity index (χ0v) is 17.6. The van der Waals surface area contributed by atoms with Crippen molar-refractivity contribution in [3.63, 3.8) is 0 Å². The van der Waals surface area contributed by atoms with Crippen LogP contribution in [0, 0.1) is 0 Å². The Balaban J connectivity index is 1.38. The Morgan fingerprint density at radius 3 is 2.53 bits per heavy atom. The third-order valence-electron chi connectivity index (χ3n) is 6.05. The molecule has 158 valence electrons. The Morgan fingerprint density at radius 1 is 1.10 bits per heavy atom. The summed E-state index contributed by atoms with van der Waals surface area (Å²) in [6.45, 7) is 2.97. The van der Waals surface area contributed by atoms with Crippen molar-refractivity contribution in [3.8, 4) is 5.75 Å². The van der Waals surface area contributed by atoms with Gasteiger partial charge in [-0.1, -0.05) is 36.4 Å². The predicted molar refractivity (Wildman–Crippen MR) is 119 cm³/mol. The summed E-state index contributed by atoms with van der Waals surface area (Å²) in [5.41, 5.74) is 2.21. The summed E-state index contributed by atoms with van der Waals surface area (Å²) < 4.78 is 11.0. The number of nitrogens with zero attached hydrogens (tertiary/aromatic N) is 2. The molecule has 0 bridgehead atoms. The molecule has 30 heavy (non-hydrogen) atoms. The van der Waals surface area contributed by atoms with Gasteiger partial charge in [-0.3, -0.25) is 4.79 Å². The molecule has 2 heterocycles. The number of likely N-dealkylation sites (tertiary alicyclic amines) is 1. The van der Waals surface area contributed by atoms with E-state index in [9.17, 15) is 4.79 Å². The van der Waals surface area contributed by atoms with Gasteiger partial charge in [0.15, 0.2) is 6.10 Å². The summed E-state index contributed by atoms with van der Waals surface area (Å²) in [7, 11) is 1.73. The SMILES string of the molecule is COc1ccccc1CCN1CCC(N(C(=O)C2CC=CO2)c2ccccc2)CC1. The first-order valence-corrected chi connectivity index (χ1v) is 10.8. The first-order chi connectivity index (χ1) is 14.8. The lowest BCUT2D eigenvalue weighted by atomic mass is 10.00. The van der Waals surface area contributed by atoms with Crippen LogP contribution in [0.4, 0.5) is 5.69 Å². The standard InChI is InChI=1S/C25H30N2O3/c1-29-23-11-6-5-8-20(23)13-16-26-17-14-22(15-18-26)27(21-9-3-2-4-10-21)25(28)24-12-7-19-30-24/h2-11,19,22,24H,12-18H2,1H3. The Labute approximate surface area is 178 Å². The number of para-hydroxylation sites is 2. The molecule has 2 aliphatic heterocycles. The third kappa shape index (κ3) is 4.68. The zero-order chi connectivity index (χ0) is 20.8. The van der Waals surface area contributed by atoms with Crippen LogP contribution in [0.5, 0.6) is 5.75 Å². The minimum atomic E-state index is -0.395. The van der Waals surface area contributed by atoms with E-state index in [-0.39, 0.29) is 11.9 Å². The van der Waals surface area contributed by atoms with Crippen LogP contribution >= 0.6 is 0 Å². The average Bonchev–Trinajstić information content (AvgIpc) is 3.35. The van der Waals surface area contributed by atoms with Crippen molar-refractivity contribution in [1.82, 2.24) is 4.90 Å². The molecule has 0 aromatic heterocycles. The van der Waals surface area contributed by atoms with Crippen molar-refractivity contribution in [2.45, 2.75) is 37.8 Å².